The second kappa shape index (κ2) is 5.48. The molecule has 0 amide bonds. The Morgan fingerprint density at radius 2 is 2.08 bits per heavy atom. The van der Waals surface area contributed by atoms with Crippen LogP contribution in [0.4, 0.5) is 0 Å². The van der Waals surface area contributed by atoms with E-state index in [0.717, 1.165) is 0 Å². The summed E-state index contributed by atoms with van der Waals surface area (Å²) in [5, 5.41) is 2.70. The molecule has 0 bridgehead atoms. The van der Waals surface area contributed by atoms with E-state index >= 15 is 0 Å². The summed E-state index contributed by atoms with van der Waals surface area (Å²) in [7, 11) is 0. The van der Waals surface area contributed by atoms with Crippen molar-refractivity contribution in [1.82, 2.24) is 0 Å². The van der Waals surface area contributed by atoms with Crippen LogP contribution in [0.2, 0.25) is 0 Å². The van der Waals surface area contributed by atoms with Crippen molar-refractivity contribution in [2.45, 2.75) is 39.0 Å². The Balaban J connectivity index is 1.93. The van der Waals surface area contributed by atoms with Crippen LogP contribution in [-0.2, 0) is 0 Å². The van der Waals surface area contributed by atoms with E-state index in [1.165, 1.54) is 46.7 Å². The van der Waals surface area contributed by atoms with Crippen molar-refractivity contribution >= 4 is 22.4 Å². The van der Waals surface area contributed by atoms with Crippen LogP contribution in [0.3, 0.4) is 0 Å². The molecule has 0 aromatic heterocycles. The molecule has 0 spiro atoms. The molecule has 4 rings (SSSR count). The Morgan fingerprint density at radius 1 is 1.29 bits per heavy atom. The Morgan fingerprint density at radius 3 is 2.83 bits per heavy atom. The average Bonchev–Trinajstić information content (AvgIpc) is 2.60. The SMILES string of the molecule is C=CC1(C)CCC2c3c(C(=C)C)cc4ccccc4c3C=CC2C1. The van der Waals surface area contributed by atoms with Crippen LogP contribution in [0.5, 0.6) is 0 Å². The van der Waals surface area contributed by atoms with Gasteiger partial charge in [-0.1, -0.05) is 61.6 Å². The zero-order chi connectivity index (χ0) is 16.9. The smallest absolute Gasteiger partial charge is 0.00861 e. The van der Waals surface area contributed by atoms with Crippen molar-refractivity contribution in [2.75, 3.05) is 0 Å². The molecule has 0 N–H and O–H groups in total. The summed E-state index contributed by atoms with van der Waals surface area (Å²) in [6.45, 7) is 12.9. The van der Waals surface area contributed by atoms with Crippen molar-refractivity contribution in [2.24, 2.45) is 11.3 Å². The standard InChI is InChI=1S/C24H26/c1-5-24(4)13-12-20-18(15-24)10-11-21-19-9-7-6-8-17(19)14-22(16(2)3)23(20)21/h5-11,14,18,20H,1-2,12-13,15H2,3-4H3. The molecule has 24 heavy (non-hydrogen) atoms. The van der Waals surface area contributed by atoms with Crippen molar-refractivity contribution in [3.05, 3.63) is 72.3 Å². The summed E-state index contributed by atoms with van der Waals surface area (Å²) in [5.74, 6) is 1.24. The van der Waals surface area contributed by atoms with Gasteiger partial charge in [-0.2, -0.15) is 0 Å². The maximum atomic E-state index is 4.28. The third kappa shape index (κ3) is 2.28. The van der Waals surface area contributed by atoms with E-state index in [-0.39, 0.29) is 5.41 Å². The molecule has 3 atom stereocenters. The number of rotatable bonds is 2. The Bertz CT molecular complexity index is 867. The van der Waals surface area contributed by atoms with Gasteiger partial charge in [-0.15, -0.1) is 6.58 Å². The van der Waals surface area contributed by atoms with Crippen LogP contribution in [0, 0.1) is 11.3 Å². The minimum Gasteiger partial charge on any atom is -0.103 e. The average molecular weight is 314 g/mol. The van der Waals surface area contributed by atoms with E-state index in [0.29, 0.717) is 11.8 Å². The fraction of sp³-hybridized carbons (Fsp3) is 0.333. The quantitative estimate of drug-likeness (QED) is 0.525. The summed E-state index contributed by atoms with van der Waals surface area (Å²) in [6, 6.07) is 11.1. The fourth-order valence-electron chi connectivity index (χ4n) is 4.77. The van der Waals surface area contributed by atoms with E-state index in [1.54, 1.807) is 5.56 Å². The molecular weight excluding hydrogens is 288 g/mol. The second-order valence-corrected chi connectivity index (χ2v) is 7.98. The Labute approximate surface area is 145 Å². The lowest BCUT2D eigenvalue weighted by Crippen LogP contribution is -2.30. The first-order valence-electron chi connectivity index (χ1n) is 9.06. The van der Waals surface area contributed by atoms with Gasteiger partial charge in [-0.3, -0.25) is 0 Å². The van der Waals surface area contributed by atoms with E-state index in [1.807, 2.05) is 0 Å². The van der Waals surface area contributed by atoms with Crippen molar-refractivity contribution < 1.29 is 0 Å². The summed E-state index contributed by atoms with van der Waals surface area (Å²) in [6.07, 6.45) is 10.7. The van der Waals surface area contributed by atoms with Gasteiger partial charge >= 0.3 is 0 Å². The van der Waals surface area contributed by atoms with E-state index in [2.05, 4.69) is 75.6 Å². The lowest BCUT2D eigenvalue weighted by atomic mass is 9.61. The normalized spacial score (nSPS) is 28.2. The van der Waals surface area contributed by atoms with Crippen LogP contribution in [0.1, 0.15) is 55.7 Å². The number of fused-ring (bicyclic) bond motifs is 5. The molecule has 0 nitrogen and oxygen atoms in total. The Kier molecular flexibility index (Phi) is 3.53. The molecule has 2 aliphatic rings. The molecular formula is C24H26. The highest BCUT2D eigenvalue weighted by atomic mass is 14.4. The van der Waals surface area contributed by atoms with Gasteiger partial charge in [0, 0.05) is 0 Å². The first kappa shape index (κ1) is 15.4. The van der Waals surface area contributed by atoms with Gasteiger partial charge in [0.15, 0.2) is 0 Å². The molecule has 0 heteroatoms. The molecule has 122 valence electrons. The van der Waals surface area contributed by atoms with Crippen LogP contribution in [0.25, 0.3) is 22.4 Å². The van der Waals surface area contributed by atoms with Gasteiger partial charge in [0.1, 0.15) is 0 Å². The van der Waals surface area contributed by atoms with Gasteiger partial charge in [-0.25, -0.2) is 0 Å². The second-order valence-electron chi connectivity index (χ2n) is 7.98. The number of hydrogen-bond acceptors (Lipinski definition) is 0. The topological polar surface area (TPSA) is 0 Å². The summed E-state index contributed by atoms with van der Waals surface area (Å²) < 4.78 is 0. The van der Waals surface area contributed by atoms with E-state index in [4.69, 9.17) is 0 Å². The molecule has 1 fully saturated rings. The molecule has 1 saturated carbocycles. The number of hydrogen-bond donors (Lipinski definition) is 0. The minimum absolute atomic E-state index is 0.281. The zero-order valence-corrected chi connectivity index (χ0v) is 14.8. The molecule has 2 aliphatic carbocycles. The van der Waals surface area contributed by atoms with E-state index in [9.17, 15) is 0 Å². The molecule has 0 radical (unpaired) electrons. The molecule has 0 heterocycles. The molecule has 3 unspecified atom stereocenters. The predicted molar refractivity (Wildman–Crippen MR) is 106 cm³/mol. The van der Waals surface area contributed by atoms with Crippen LogP contribution >= 0.6 is 0 Å². The van der Waals surface area contributed by atoms with Gasteiger partial charge in [0.25, 0.3) is 0 Å². The lowest BCUT2D eigenvalue weighted by Gasteiger charge is -2.43. The van der Waals surface area contributed by atoms with Crippen LogP contribution in [-0.4, -0.2) is 0 Å². The molecule has 2 aromatic carbocycles. The lowest BCUT2D eigenvalue weighted by molar-refractivity contribution is 0.213. The van der Waals surface area contributed by atoms with Crippen molar-refractivity contribution in [1.29, 1.82) is 0 Å². The van der Waals surface area contributed by atoms with Crippen molar-refractivity contribution in [3.63, 3.8) is 0 Å². The molecule has 0 aliphatic heterocycles. The largest absolute Gasteiger partial charge is 0.103 e. The maximum Gasteiger partial charge on any atom is -0.00861 e. The minimum atomic E-state index is 0.281. The highest BCUT2D eigenvalue weighted by Crippen LogP contribution is 2.52. The first-order chi connectivity index (χ1) is 11.5. The number of benzene rings is 2. The third-order valence-electron chi connectivity index (χ3n) is 6.21. The maximum absolute atomic E-state index is 4.28. The predicted octanol–water partition coefficient (Wildman–Crippen LogP) is 6.98. The summed E-state index contributed by atoms with van der Waals surface area (Å²) in [5.41, 5.74) is 5.80. The third-order valence-corrected chi connectivity index (χ3v) is 6.21. The van der Waals surface area contributed by atoms with Crippen LogP contribution < -0.4 is 0 Å². The first-order valence-corrected chi connectivity index (χ1v) is 9.06. The summed E-state index contributed by atoms with van der Waals surface area (Å²) in [4.78, 5) is 0. The van der Waals surface area contributed by atoms with Crippen LogP contribution in [0.15, 0.2) is 55.6 Å². The highest BCUT2D eigenvalue weighted by molar-refractivity contribution is 5.96. The summed E-state index contributed by atoms with van der Waals surface area (Å²) >= 11 is 0. The van der Waals surface area contributed by atoms with Gasteiger partial charge < -0.3 is 0 Å². The van der Waals surface area contributed by atoms with Gasteiger partial charge in [0.2, 0.25) is 0 Å². The molecule has 2 aromatic rings. The van der Waals surface area contributed by atoms with Gasteiger partial charge in [-0.05, 0) is 77.0 Å². The molecule has 0 saturated heterocycles. The highest BCUT2D eigenvalue weighted by Gasteiger charge is 2.38. The van der Waals surface area contributed by atoms with Crippen molar-refractivity contribution in [3.8, 4) is 0 Å². The number of allylic oxidation sites excluding steroid dienone is 3. The zero-order valence-electron chi connectivity index (χ0n) is 14.8. The fourth-order valence-corrected chi connectivity index (χ4v) is 4.77. The van der Waals surface area contributed by atoms with E-state index < -0.39 is 0 Å². The monoisotopic (exact) mass is 314 g/mol. The Hall–Kier alpha value is -2.08. The van der Waals surface area contributed by atoms with Gasteiger partial charge in [0.05, 0.1) is 0 Å².